The Bertz CT molecular complexity index is 384. The number of halogens is 2. The van der Waals surface area contributed by atoms with Gasteiger partial charge in [-0.3, -0.25) is 0 Å². The molecule has 0 saturated heterocycles. The van der Waals surface area contributed by atoms with Gasteiger partial charge in [-0.2, -0.15) is 0 Å². The fourth-order valence-corrected chi connectivity index (χ4v) is 1.99. The zero-order valence-electron chi connectivity index (χ0n) is 7.90. The van der Waals surface area contributed by atoms with Crippen LogP contribution in [0.3, 0.4) is 0 Å². The lowest BCUT2D eigenvalue weighted by molar-refractivity contribution is 0.475. The van der Waals surface area contributed by atoms with E-state index < -0.39 is 0 Å². The molecule has 0 aromatic heterocycles. The van der Waals surface area contributed by atoms with E-state index in [1.807, 2.05) is 30.3 Å². The Labute approximate surface area is 106 Å². The molecule has 2 aromatic rings. The molecule has 78 valence electrons. The Morgan fingerprint density at radius 3 is 1.53 bits per heavy atom. The van der Waals surface area contributed by atoms with E-state index in [1.54, 1.807) is 24.3 Å². The quantitative estimate of drug-likeness (QED) is 0.748. The second kappa shape index (κ2) is 6.64. The monoisotopic (exact) mass is 328 g/mol. The van der Waals surface area contributed by atoms with E-state index >= 15 is 0 Å². The maximum Gasteiger partial charge on any atom is 0.115 e. The lowest BCUT2D eigenvalue weighted by Crippen LogP contribution is -1.61. The molecule has 0 atom stereocenters. The van der Waals surface area contributed by atoms with Crippen LogP contribution in [0.2, 0.25) is 0 Å². The summed E-state index contributed by atoms with van der Waals surface area (Å²) in [6.45, 7) is 0. The summed E-state index contributed by atoms with van der Waals surface area (Å²) in [7, 11) is 0. The highest BCUT2D eigenvalue weighted by molar-refractivity contribution is 9.11. The average Bonchev–Trinajstić information content (AvgIpc) is 2.19. The number of para-hydroxylation sites is 1. The Kier molecular flexibility index (Phi) is 5.43. The summed E-state index contributed by atoms with van der Waals surface area (Å²) in [5, 5.41) is 8.63. The van der Waals surface area contributed by atoms with Crippen molar-refractivity contribution in [2.45, 2.75) is 0 Å². The summed E-state index contributed by atoms with van der Waals surface area (Å²) in [4.78, 5) is 0. The third kappa shape index (κ3) is 5.60. The molecule has 0 aliphatic carbocycles. The van der Waals surface area contributed by atoms with Gasteiger partial charge < -0.3 is 5.11 Å². The van der Waals surface area contributed by atoms with Crippen molar-refractivity contribution < 1.29 is 5.11 Å². The predicted molar refractivity (Wildman–Crippen MR) is 69.9 cm³/mol. The lowest BCUT2D eigenvalue weighted by Gasteiger charge is -1.87. The fourth-order valence-electron chi connectivity index (χ4n) is 0.888. The van der Waals surface area contributed by atoms with Gasteiger partial charge in [0.15, 0.2) is 0 Å². The van der Waals surface area contributed by atoms with Crippen molar-refractivity contribution in [3.8, 4) is 5.75 Å². The molecule has 0 amide bonds. The Balaban J connectivity index is 0.000000151. The van der Waals surface area contributed by atoms with E-state index in [4.69, 9.17) is 5.11 Å². The molecule has 0 unspecified atom stereocenters. The second-order valence-corrected chi connectivity index (χ2v) is 4.61. The summed E-state index contributed by atoms with van der Waals surface area (Å²) in [6, 6.07) is 16.7. The molecule has 0 spiro atoms. The second-order valence-electron chi connectivity index (χ2n) is 2.78. The van der Waals surface area contributed by atoms with Crippen molar-refractivity contribution in [3.63, 3.8) is 0 Å². The molecule has 1 N–H and O–H groups in total. The van der Waals surface area contributed by atoms with Crippen molar-refractivity contribution in [3.05, 3.63) is 63.5 Å². The molecule has 2 aromatic carbocycles. The SMILES string of the molecule is Brc1cccc(Br)c1.Oc1ccccc1. The van der Waals surface area contributed by atoms with Gasteiger partial charge in [0.2, 0.25) is 0 Å². The number of phenolic OH excluding ortho intramolecular Hbond substituents is 1. The number of hydrogen-bond donors (Lipinski definition) is 1. The fraction of sp³-hybridized carbons (Fsp3) is 0. The highest BCUT2D eigenvalue weighted by Crippen LogP contribution is 2.15. The van der Waals surface area contributed by atoms with Gasteiger partial charge in [-0.25, -0.2) is 0 Å². The minimum Gasteiger partial charge on any atom is -0.508 e. The largest absolute Gasteiger partial charge is 0.508 e. The normalized spacial score (nSPS) is 8.93. The van der Waals surface area contributed by atoms with E-state index in [1.165, 1.54) is 0 Å². The van der Waals surface area contributed by atoms with E-state index in [-0.39, 0.29) is 0 Å². The maximum atomic E-state index is 8.63. The molecular formula is C12H10Br2O. The van der Waals surface area contributed by atoms with Crippen LogP contribution >= 0.6 is 31.9 Å². The summed E-state index contributed by atoms with van der Waals surface area (Å²) in [5.41, 5.74) is 0. The molecular weight excluding hydrogens is 320 g/mol. The van der Waals surface area contributed by atoms with Crippen LogP contribution in [0.4, 0.5) is 0 Å². The van der Waals surface area contributed by atoms with Gasteiger partial charge >= 0.3 is 0 Å². The van der Waals surface area contributed by atoms with Crippen LogP contribution in [0.15, 0.2) is 63.5 Å². The molecule has 0 aliphatic rings. The van der Waals surface area contributed by atoms with Crippen LogP contribution in [0.25, 0.3) is 0 Å². The van der Waals surface area contributed by atoms with Crippen LogP contribution < -0.4 is 0 Å². The first-order valence-electron chi connectivity index (χ1n) is 4.33. The Morgan fingerprint density at radius 1 is 0.733 bits per heavy atom. The number of rotatable bonds is 0. The molecule has 3 heteroatoms. The average molecular weight is 330 g/mol. The van der Waals surface area contributed by atoms with Gasteiger partial charge in [0.1, 0.15) is 5.75 Å². The minimum absolute atomic E-state index is 0.322. The molecule has 0 aliphatic heterocycles. The number of phenols is 1. The molecule has 1 nitrogen and oxygen atoms in total. The third-order valence-corrected chi connectivity index (χ3v) is 2.53. The van der Waals surface area contributed by atoms with Crippen molar-refractivity contribution >= 4 is 31.9 Å². The molecule has 2 rings (SSSR count). The van der Waals surface area contributed by atoms with Gasteiger partial charge in [-0.05, 0) is 30.3 Å². The molecule has 0 fully saturated rings. The summed E-state index contributed by atoms with van der Waals surface area (Å²) >= 11 is 6.66. The Hall–Kier alpha value is -0.800. The molecule has 0 bridgehead atoms. The van der Waals surface area contributed by atoms with Crippen molar-refractivity contribution in [1.82, 2.24) is 0 Å². The van der Waals surface area contributed by atoms with Crippen molar-refractivity contribution in [2.75, 3.05) is 0 Å². The van der Waals surface area contributed by atoms with Crippen LogP contribution in [-0.4, -0.2) is 5.11 Å². The number of benzene rings is 2. The zero-order chi connectivity index (χ0) is 11.1. The molecule has 0 radical (unpaired) electrons. The molecule has 0 saturated carbocycles. The predicted octanol–water partition coefficient (Wildman–Crippen LogP) is 4.60. The minimum atomic E-state index is 0.322. The summed E-state index contributed by atoms with van der Waals surface area (Å²) in [6.07, 6.45) is 0. The smallest absolute Gasteiger partial charge is 0.115 e. The molecule has 0 heterocycles. The van der Waals surface area contributed by atoms with Crippen LogP contribution in [0, 0.1) is 0 Å². The van der Waals surface area contributed by atoms with Gasteiger partial charge in [0.25, 0.3) is 0 Å². The lowest BCUT2D eigenvalue weighted by atomic mass is 10.3. The zero-order valence-corrected chi connectivity index (χ0v) is 11.1. The van der Waals surface area contributed by atoms with Gasteiger partial charge in [0, 0.05) is 8.95 Å². The first-order chi connectivity index (χ1) is 7.18. The van der Waals surface area contributed by atoms with Crippen LogP contribution in [0.5, 0.6) is 5.75 Å². The molecule has 15 heavy (non-hydrogen) atoms. The third-order valence-electron chi connectivity index (χ3n) is 1.54. The van der Waals surface area contributed by atoms with Gasteiger partial charge in [-0.1, -0.05) is 56.1 Å². The topological polar surface area (TPSA) is 20.2 Å². The standard InChI is InChI=1S/C6H4Br2.C6H6O/c7-5-2-1-3-6(8)4-5;7-6-4-2-1-3-5-6/h1-4H;1-5,7H. The van der Waals surface area contributed by atoms with Crippen molar-refractivity contribution in [1.29, 1.82) is 0 Å². The van der Waals surface area contributed by atoms with Crippen molar-refractivity contribution in [2.24, 2.45) is 0 Å². The van der Waals surface area contributed by atoms with Crippen LogP contribution in [-0.2, 0) is 0 Å². The maximum absolute atomic E-state index is 8.63. The van der Waals surface area contributed by atoms with E-state index in [0.29, 0.717) is 5.75 Å². The highest BCUT2D eigenvalue weighted by Gasteiger charge is 1.84. The first-order valence-corrected chi connectivity index (χ1v) is 5.92. The number of aromatic hydroxyl groups is 1. The summed E-state index contributed by atoms with van der Waals surface area (Å²) < 4.78 is 2.21. The number of hydrogen-bond acceptors (Lipinski definition) is 1. The van der Waals surface area contributed by atoms with E-state index in [2.05, 4.69) is 31.9 Å². The first kappa shape index (κ1) is 12.3. The Morgan fingerprint density at radius 2 is 1.27 bits per heavy atom. The van der Waals surface area contributed by atoms with Crippen LogP contribution in [0.1, 0.15) is 0 Å². The van der Waals surface area contributed by atoms with Gasteiger partial charge in [0.05, 0.1) is 0 Å². The van der Waals surface area contributed by atoms with E-state index in [0.717, 1.165) is 8.95 Å². The van der Waals surface area contributed by atoms with Gasteiger partial charge in [-0.15, -0.1) is 0 Å². The summed E-state index contributed by atoms with van der Waals surface area (Å²) in [5.74, 6) is 0.322. The van der Waals surface area contributed by atoms with E-state index in [9.17, 15) is 0 Å². The highest BCUT2D eigenvalue weighted by atomic mass is 79.9.